The van der Waals surface area contributed by atoms with E-state index >= 15 is 0 Å². The molecule has 21 heavy (non-hydrogen) atoms. The first-order valence-electron chi connectivity index (χ1n) is 6.78. The minimum atomic E-state index is -0.116. The highest BCUT2D eigenvalue weighted by atomic mass is 32.2. The molecule has 1 heterocycles. The summed E-state index contributed by atoms with van der Waals surface area (Å²) in [5.74, 6) is 1.63. The van der Waals surface area contributed by atoms with E-state index in [4.69, 9.17) is 4.74 Å². The molecule has 0 atom stereocenters. The van der Waals surface area contributed by atoms with Gasteiger partial charge in [0.1, 0.15) is 11.6 Å². The molecule has 2 rings (SSSR count). The zero-order valence-electron chi connectivity index (χ0n) is 12.0. The number of H-pyrrole nitrogens is 1. The number of rotatable bonds is 7. The number of hydrogen-bond acceptors (Lipinski definition) is 5. The third-order valence-electron chi connectivity index (χ3n) is 2.64. The first kappa shape index (κ1) is 15.4. The Kier molecular flexibility index (Phi) is 5.62. The van der Waals surface area contributed by atoms with Crippen LogP contribution in [0.1, 0.15) is 19.7 Å². The second-order valence-corrected chi connectivity index (χ2v) is 5.13. The number of nitrogens with one attached hydrogen (secondary N) is 2. The zero-order valence-corrected chi connectivity index (χ0v) is 12.9. The van der Waals surface area contributed by atoms with E-state index in [0.717, 1.165) is 12.2 Å². The Morgan fingerprint density at radius 2 is 2.19 bits per heavy atom. The number of hydrogen-bond donors (Lipinski definition) is 2. The molecule has 0 radical (unpaired) electrons. The minimum absolute atomic E-state index is 0.116. The van der Waals surface area contributed by atoms with Crippen molar-refractivity contribution < 1.29 is 9.53 Å². The second kappa shape index (κ2) is 7.68. The van der Waals surface area contributed by atoms with Crippen molar-refractivity contribution in [1.29, 1.82) is 0 Å². The van der Waals surface area contributed by atoms with Gasteiger partial charge in [-0.05, 0) is 19.1 Å². The van der Waals surface area contributed by atoms with E-state index in [0.29, 0.717) is 23.2 Å². The van der Waals surface area contributed by atoms with Gasteiger partial charge in [-0.15, -0.1) is 5.10 Å². The number of nitrogens with zero attached hydrogens (tertiary/aromatic N) is 2. The fourth-order valence-corrected chi connectivity index (χ4v) is 2.29. The maximum absolute atomic E-state index is 12.0. The lowest BCUT2D eigenvalue weighted by Gasteiger charge is -2.10. The number of carbonyl (C=O) groups is 1. The van der Waals surface area contributed by atoms with Crippen molar-refractivity contribution >= 4 is 23.4 Å². The molecule has 0 fully saturated rings. The van der Waals surface area contributed by atoms with Crippen LogP contribution in [0.2, 0.25) is 0 Å². The highest BCUT2D eigenvalue weighted by Gasteiger charge is 2.10. The monoisotopic (exact) mass is 306 g/mol. The SMILES string of the molecule is CCOc1ccccc1NC(=O)CSc1n[nH]c(CC)n1. The van der Waals surface area contributed by atoms with Crippen molar-refractivity contribution in [3.05, 3.63) is 30.1 Å². The number of anilines is 1. The molecule has 0 saturated carbocycles. The molecular formula is C14H18N4O2S. The Morgan fingerprint density at radius 3 is 2.90 bits per heavy atom. The Labute approximate surface area is 127 Å². The van der Waals surface area contributed by atoms with Crippen LogP contribution in [0.25, 0.3) is 0 Å². The zero-order chi connectivity index (χ0) is 15.1. The molecule has 1 aromatic heterocycles. The smallest absolute Gasteiger partial charge is 0.234 e. The largest absolute Gasteiger partial charge is 0.492 e. The van der Waals surface area contributed by atoms with Crippen LogP contribution in [0.4, 0.5) is 5.69 Å². The minimum Gasteiger partial charge on any atom is -0.492 e. The molecule has 1 aromatic carbocycles. The maximum Gasteiger partial charge on any atom is 0.234 e. The summed E-state index contributed by atoms with van der Waals surface area (Å²) >= 11 is 1.30. The van der Waals surface area contributed by atoms with E-state index in [-0.39, 0.29) is 11.7 Å². The average Bonchev–Trinajstić information content (AvgIpc) is 2.95. The van der Waals surface area contributed by atoms with Crippen molar-refractivity contribution in [2.75, 3.05) is 17.7 Å². The summed E-state index contributed by atoms with van der Waals surface area (Å²) in [6, 6.07) is 7.37. The lowest BCUT2D eigenvalue weighted by atomic mass is 10.3. The fourth-order valence-electron chi connectivity index (χ4n) is 1.67. The number of ether oxygens (including phenoxy) is 1. The summed E-state index contributed by atoms with van der Waals surface area (Å²) in [5.41, 5.74) is 0.675. The van der Waals surface area contributed by atoms with Gasteiger partial charge < -0.3 is 10.1 Å². The molecule has 6 nitrogen and oxygen atoms in total. The number of aryl methyl sites for hydroxylation is 1. The second-order valence-electron chi connectivity index (χ2n) is 4.18. The number of aromatic nitrogens is 3. The van der Waals surface area contributed by atoms with Crippen molar-refractivity contribution in [1.82, 2.24) is 15.2 Å². The summed E-state index contributed by atoms with van der Waals surface area (Å²) in [5, 5.41) is 10.3. The van der Waals surface area contributed by atoms with Gasteiger partial charge in [-0.2, -0.15) is 0 Å². The van der Waals surface area contributed by atoms with E-state index in [2.05, 4.69) is 20.5 Å². The Bertz CT molecular complexity index is 600. The fraction of sp³-hybridized carbons (Fsp3) is 0.357. The number of para-hydroxylation sites is 2. The van der Waals surface area contributed by atoms with Crippen LogP contribution in [0, 0.1) is 0 Å². The lowest BCUT2D eigenvalue weighted by molar-refractivity contribution is -0.113. The van der Waals surface area contributed by atoms with Crippen molar-refractivity contribution in [2.24, 2.45) is 0 Å². The van der Waals surface area contributed by atoms with Crippen molar-refractivity contribution in [2.45, 2.75) is 25.4 Å². The summed E-state index contributed by atoms with van der Waals surface area (Å²) in [6.07, 6.45) is 0.793. The molecule has 112 valence electrons. The molecule has 2 N–H and O–H groups in total. The maximum atomic E-state index is 12.0. The summed E-state index contributed by atoms with van der Waals surface area (Å²) in [6.45, 7) is 4.45. The molecule has 1 amide bonds. The van der Waals surface area contributed by atoms with E-state index < -0.39 is 0 Å². The molecule has 0 aliphatic rings. The van der Waals surface area contributed by atoms with E-state index in [1.807, 2.05) is 38.1 Å². The normalized spacial score (nSPS) is 10.4. The van der Waals surface area contributed by atoms with Gasteiger partial charge >= 0.3 is 0 Å². The number of thioether (sulfide) groups is 1. The predicted molar refractivity (Wildman–Crippen MR) is 82.7 cm³/mol. The van der Waals surface area contributed by atoms with Crippen molar-refractivity contribution in [3.63, 3.8) is 0 Å². The summed E-state index contributed by atoms with van der Waals surface area (Å²) in [7, 11) is 0. The molecular weight excluding hydrogens is 288 g/mol. The third-order valence-corrected chi connectivity index (χ3v) is 3.49. The van der Waals surface area contributed by atoms with Gasteiger partial charge in [0, 0.05) is 6.42 Å². The Hall–Kier alpha value is -2.02. The number of aromatic amines is 1. The molecule has 2 aromatic rings. The highest BCUT2D eigenvalue weighted by molar-refractivity contribution is 7.99. The van der Waals surface area contributed by atoms with Gasteiger partial charge in [0.2, 0.25) is 11.1 Å². The van der Waals surface area contributed by atoms with Crippen LogP contribution in [-0.4, -0.2) is 33.4 Å². The Morgan fingerprint density at radius 1 is 1.38 bits per heavy atom. The average molecular weight is 306 g/mol. The molecule has 0 aliphatic carbocycles. The molecule has 0 saturated heterocycles. The van der Waals surface area contributed by atoms with E-state index in [1.54, 1.807) is 0 Å². The molecule has 7 heteroatoms. The summed E-state index contributed by atoms with van der Waals surface area (Å²) in [4.78, 5) is 16.2. The van der Waals surface area contributed by atoms with Gasteiger partial charge in [-0.25, -0.2) is 4.98 Å². The van der Waals surface area contributed by atoms with Gasteiger partial charge in [-0.1, -0.05) is 30.8 Å². The van der Waals surface area contributed by atoms with Gasteiger partial charge in [0.15, 0.2) is 0 Å². The van der Waals surface area contributed by atoms with Gasteiger partial charge in [0.05, 0.1) is 18.0 Å². The van der Waals surface area contributed by atoms with Crippen LogP contribution in [-0.2, 0) is 11.2 Å². The standard InChI is InChI=1S/C14H18N4O2S/c1-3-12-16-14(18-17-12)21-9-13(19)15-10-7-5-6-8-11(10)20-4-2/h5-8H,3-4,9H2,1-2H3,(H,15,19)(H,16,17,18). The molecule has 0 unspecified atom stereocenters. The van der Waals surface area contributed by atoms with E-state index in [9.17, 15) is 4.79 Å². The topological polar surface area (TPSA) is 79.9 Å². The summed E-state index contributed by atoms with van der Waals surface area (Å²) < 4.78 is 5.47. The number of amides is 1. The number of carbonyl (C=O) groups excluding carboxylic acids is 1. The highest BCUT2D eigenvalue weighted by Crippen LogP contribution is 2.24. The van der Waals surface area contributed by atoms with Crippen LogP contribution in [0.5, 0.6) is 5.75 Å². The molecule has 0 spiro atoms. The third kappa shape index (κ3) is 4.49. The predicted octanol–water partition coefficient (Wildman–Crippen LogP) is 2.50. The first-order valence-corrected chi connectivity index (χ1v) is 7.77. The number of benzene rings is 1. The molecule has 0 bridgehead atoms. The van der Waals surface area contributed by atoms with Crippen LogP contribution >= 0.6 is 11.8 Å². The van der Waals surface area contributed by atoms with E-state index in [1.165, 1.54) is 11.8 Å². The van der Waals surface area contributed by atoms with Crippen LogP contribution in [0.3, 0.4) is 0 Å². The Balaban J connectivity index is 1.89. The first-order chi connectivity index (χ1) is 10.2. The van der Waals surface area contributed by atoms with Gasteiger partial charge in [0.25, 0.3) is 0 Å². The van der Waals surface area contributed by atoms with Crippen LogP contribution in [0.15, 0.2) is 29.4 Å². The lowest BCUT2D eigenvalue weighted by Crippen LogP contribution is -2.15. The van der Waals surface area contributed by atoms with Crippen LogP contribution < -0.4 is 10.1 Å². The van der Waals surface area contributed by atoms with Crippen molar-refractivity contribution in [3.8, 4) is 5.75 Å². The van der Waals surface area contributed by atoms with Gasteiger partial charge in [-0.3, -0.25) is 9.89 Å². The molecule has 0 aliphatic heterocycles. The quantitative estimate of drug-likeness (QED) is 0.768.